The fraction of sp³-hybridized carbons (Fsp3) is 0.913. The van der Waals surface area contributed by atoms with Crippen LogP contribution in [-0.2, 0) is 19.6 Å². The number of aliphatic hydroxyl groups is 1. The van der Waals surface area contributed by atoms with Gasteiger partial charge in [-0.2, -0.15) is 9.57 Å². The van der Waals surface area contributed by atoms with Crippen molar-refractivity contribution in [1.82, 2.24) is 9.62 Å². The molecular weight excluding hydrogens is 468 g/mol. The molecule has 0 bridgehead atoms. The Labute approximate surface area is 200 Å². The first kappa shape index (κ1) is 25.7. The van der Waals surface area contributed by atoms with Gasteiger partial charge in [0.1, 0.15) is 18.3 Å². The lowest BCUT2D eigenvalue weighted by Crippen LogP contribution is -2.63. The molecule has 0 aromatic carbocycles. The normalized spacial score (nSPS) is 41.8. The summed E-state index contributed by atoms with van der Waals surface area (Å²) in [5.41, 5.74) is 0. The SMILES string of the molecule is N#CC1CCCC(S(=O)(=O)N2C[C@@H](CO)OC3CCC(NC(=O)C4C(F)CCCC4F)CC32)C1. The molecule has 0 aromatic rings. The van der Waals surface area contributed by atoms with E-state index >= 15 is 0 Å². The molecule has 4 aliphatic rings. The van der Waals surface area contributed by atoms with Crippen molar-refractivity contribution in [3.8, 4) is 6.07 Å². The number of alkyl halides is 2. The fourth-order valence-electron chi connectivity index (χ4n) is 6.18. The molecule has 1 aliphatic heterocycles. The Kier molecular flexibility index (Phi) is 8.12. The number of morpholine rings is 1. The largest absolute Gasteiger partial charge is 0.394 e. The van der Waals surface area contributed by atoms with Crippen molar-refractivity contribution in [1.29, 1.82) is 5.26 Å². The van der Waals surface area contributed by atoms with Crippen molar-refractivity contribution in [3.63, 3.8) is 0 Å². The van der Waals surface area contributed by atoms with Crippen LogP contribution in [0.2, 0.25) is 0 Å². The monoisotopic (exact) mass is 503 g/mol. The lowest BCUT2D eigenvalue weighted by atomic mass is 9.83. The first-order chi connectivity index (χ1) is 16.2. The van der Waals surface area contributed by atoms with Gasteiger partial charge in [-0.1, -0.05) is 6.42 Å². The topological polar surface area (TPSA) is 120 Å². The minimum Gasteiger partial charge on any atom is -0.394 e. The molecule has 8 nitrogen and oxygen atoms in total. The molecule has 3 aliphatic carbocycles. The molecule has 0 aromatic heterocycles. The summed E-state index contributed by atoms with van der Waals surface area (Å²) in [7, 11) is -3.77. The van der Waals surface area contributed by atoms with Gasteiger partial charge >= 0.3 is 0 Å². The van der Waals surface area contributed by atoms with E-state index in [4.69, 9.17) is 4.74 Å². The number of fused-ring (bicyclic) bond motifs is 1. The van der Waals surface area contributed by atoms with Crippen molar-refractivity contribution >= 4 is 15.9 Å². The molecular formula is C23H35F2N3O5S. The van der Waals surface area contributed by atoms with Crippen LogP contribution in [0, 0.1) is 23.2 Å². The van der Waals surface area contributed by atoms with Crippen LogP contribution in [0.3, 0.4) is 0 Å². The number of rotatable bonds is 5. The molecule has 1 heterocycles. The van der Waals surface area contributed by atoms with Gasteiger partial charge < -0.3 is 15.2 Å². The smallest absolute Gasteiger partial charge is 0.229 e. The summed E-state index contributed by atoms with van der Waals surface area (Å²) in [5.74, 6) is -2.26. The zero-order valence-electron chi connectivity index (χ0n) is 19.3. The van der Waals surface area contributed by atoms with E-state index in [1.165, 1.54) is 4.31 Å². The lowest BCUT2D eigenvalue weighted by Gasteiger charge is -2.49. The minimum atomic E-state index is -3.77. The summed E-state index contributed by atoms with van der Waals surface area (Å²) >= 11 is 0. The number of sulfonamides is 1. The quantitative estimate of drug-likeness (QED) is 0.592. The highest BCUT2D eigenvalue weighted by Crippen LogP contribution is 2.38. The van der Waals surface area contributed by atoms with Crippen molar-refractivity contribution in [2.45, 2.75) is 106 Å². The summed E-state index contributed by atoms with van der Waals surface area (Å²) in [6.07, 6.45) is 0.0307. The van der Waals surface area contributed by atoms with E-state index in [9.17, 15) is 32.4 Å². The van der Waals surface area contributed by atoms with E-state index in [2.05, 4.69) is 11.4 Å². The van der Waals surface area contributed by atoms with Crippen molar-refractivity contribution in [3.05, 3.63) is 0 Å². The number of amides is 1. The third-order valence-corrected chi connectivity index (χ3v) is 10.4. The van der Waals surface area contributed by atoms with Gasteiger partial charge in [0.15, 0.2) is 0 Å². The molecule has 0 radical (unpaired) electrons. The van der Waals surface area contributed by atoms with Crippen LogP contribution in [0.4, 0.5) is 8.78 Å². The number of nitriles is 1. The van der Waals surface area contributed by atoms with Gasteiger partial charge in [0.25, 0.3) is 0 Å². The molecule has 34 heavy (non-hydrogen) atoms. The van der Waals surface area contributed by atoms with Crippen LogP contribution in [0.5, 0.6) is 0 Å². The first-order valence-corrected chi connectivity index (χ1v) is 14.0. The van der Waals surface area contributed by atoms with Crippen molar-refractivity contribution in [2.24, 2.45) is 11.8 Å². The number of ether oxygens (including phenoxy) is 1. The Morgan fingerprint density at radius 2 is 1.79 bits per heavy atom. The Bertz CT molecular complexity index is 874. The number of aliphatic hydroxyl groups excluding tert-OH is 1. The third kappa shape index (κ3) is 5.25. The summed E-state index contributed by atoms with van der Waals surface area (Å²) < 4.78 is 63.3. The average Bonchev–Trinajstić information content (AvgIpc) is 2.83. The van der Waals surface area contributed by atoms with E-state index in [0.717, 1.165) is 0 Å². The highest BCUT2D eigenvalue weighted by Gasteiger charge is 2.49. The predicted molar refractivity (Wildman–Crippen MR) is 119 cm³/mol. The molecule has 1 saturated heterocycles. The van der Waals surface area contributed by atoms with Crippen LogP contribution < -0.4 is 5.32 Å². The van der Waals surface area contributed by atoms with Gasteiger partial charge in [0.05, 0.1) is 36.2 Å². The summed E-state index contributed by atoms with van der Waals surface area (Å²) in [6, 6.07) is 1.24. The van der Waals surface area contributed by atoms with Crippen LogP contribution in [0.15, 0.2) is 0 Å². The second-order valence-corrected chi connectivity index (χ2v) is 12.4. The average molecular weight is 504 g/mol. The molecule has 3 saturated carbocycles. The molecule has 4 rings (SSSR count). The molecule has 2 N–H and O–H groups in total. The Morgan fingerprint density at radius 3 is 2.47 bits per heavy atom. The molecule has 0 spiro atoms. The molecule has 11 heteroatoms. The second kappa shape index (κ2) is 10.7. The number of hydrogen-bond acceptors (Lipinski definition) is 6. The highest BCUT2D eigenvalue weighted by atomic mass is 32.2. The van der Waals surface area contributed by atoms with Crippen LogP contribution in [-0.4, -0.2) is 78.8 Å². The van der Waals surface area contributed by atoms with E-state index in [-0.39, 0.29) is 44.8 Å². The van der Waals surface area contributed by atoms with Gasteiger partial charge in [-0.3, -0.25) is 4.79 Å². The number of carbonyl (C=O) groups excluding carboxylic acids is 1. The van der Waals surface area contributed by atoms with Crippen molar-refractivity contribution in [2.75, 3.05) is 13.2 Å². The van der Waals surface area contributed by atoms with E-state index in [1.807, 2.05) is 0 Å². The highest BCUT2D eigenvalue weighted by molar-refractivity contribution is 7.89. The second-order valence-electron chi connectivity index (χ2n) is 10.3. The molecule has 192 valence electrons. The molecule has 7 unspecified atom stereocenters. The van der Waals surface area contributed by atoms with Crippen LogP contribution in [0.25, 0.3) is 0 Å². The molecule has 1 amide bonds. The maximum absolute atomic E-state index is 14.3. The van der Waals surface area contributed by atoms with Gasteiger partial charge in [0.2, 0.25) is 15.9 Å². The van der Waals surface area contributed by atoms with Crippen molar-refractivity contribution < 1.29 is 31.8 Å². The first-order valence-electron chi connectivity index (χ1n) is 12.5. The zero-order valence-corrected chi connectivity index (χ0v) is 20.1. The standard InChI is InChI=1S/C23H35F2N3O5S/c24-18-5-2-6-19(25)22(18)23(30)27-15-7-8-21-20(10-15)28(12-16(13-29)33-21)34(31,32)17-4-1-3-14(9-17)11-26/h14-22,29H,1-10,12-13H2,(H,27,30)/t14?,15?,16-,17?,18?,19?,20?,21?,22?/m0/s1. The third-order valence-electron chi connectivity index (χ3n) is 8.02. The maximum atomic E-state index is 14.3. The van der Waals surface area contributed by atoms with Gasteiger partial charge in [0, 0.05) is 18.5 Å². The number of carbonyl (C=O) groups is 1. The lowest BCUT2D eigenvalue weighted by molar-refractivity contribution is -0.137. The summed E-state index contributed by atoms with van der Waals surface area (Å²) in [6.45, 7) is -0.297. The summed E-state index contributed by atoms with van der Waals surface area (Å²) in [4.78, 5) is 12.7. The Balaban J connectivity index is 1.49. The van der Waals surface area contributed by atoms with E-state index < -0.39 is 63.7 Å². The Hall–Kier alpha value is -1.35. The van der Waals surface area contributed by atoms with E-state index in [0.29, 0.717) is 38.5 Å². The molecule has 4 fully saturated rings. The van der Waals surface area contributed by atoms with Gasteiger partial charge in [-0.15, -0.1) is 0 Å². The molecule has 8 atom stereocenters. The summed E-state index contributed by atoms with van der Waals surface area (Å²) in [5, 5.41) is 21.1. The van der Waals surface area contributed by atoms with E-state index in [1.54, 1.807) is 0 Å². The predicted octanol–water partition coefficient (Wildman–Crippen LogP) is 1.97. The van der Waals surface area contributed by atoms with Crippen LogP contribution in [0.1, 0.15) is 64.2 Å². The fourth-order valence-corrected chi connectivity index (χ4v) is 8.47. The Morgan fingerprint density at radius 1 is 1.09 bits per heavy atom. The number of hydrogen-bond donors (Lipinski definition) is 2. The number of nitrogens with zero attached hydrogens (tertiary/aromatic N) is 2. The van der Waals surface area contributed by atoms with Gasteiger partial charge in [-0.05, 0) is 57.8 Å². The number of halogens is 2. The van der Waals surface area contributed by atoms with Crippen LogP contribution >= 0.6 is 0 Å². The maximum Gasteiger partial charge on any atom is 0.229 e. The minimum absolute atomic E-state index is 0.0100. The van der Waals surface area contributed by atoms with Gasteiger partial charge in [-0.25, -0.2) is 17.2 Å². The number of nitrogens with one attached hydrogen (secondary N) is 1. The zero-order chi connectivity index (χ0) is 24.5.